The van der Waals surface area contributed by atoms with Crippen LogP contribution in [0.1, 0.15) is 45.2 Å². The van der Waals surface area contributed by atoms with E-state index in [9.17, 15) is 22.4 Å². The van der Waals surface area contributed by atoms with Crippen molar-refractivity contribution < 1.29 is 22.4 Å². The maximum Gasteiger partial charge on any atom is 0.264 e. The monoisotopic (exact) mass is 553 g/mol. The first kappa shape index (κ1) is 29.8. The number of carbonyl (C=O) groups excluding carboxylic acids is 2. The average Bonchev–Trinajstić information content (AvgIpc) is 2.95. The number of halogens is 1. The number of rotatable bonds is 12. The number of amides is 2. The Kier molecular flexibility index (Phi) is 10.2. The number of anilines is 1. The number of sulfonamides is 1. The van der Waals surface area contributed by atoms with E-state index in [1.807, 2.05) is 32.9 Å². The van der Waals surface area contributed by atoms with Gasteiger partial charge < -0.3 is 10.2 Å². The first-order valence-corrected chi connectivity index (χ1v) is 14.5. The molecule has 3 rings (SSSR count). The topological polar surface area (TPSA) is 86.8 Å². The number of aryl methyl sites for hydroxylation is 1. The van der Waals surface area contributed by atoms with Crippen LogP contribution in [0, 0.1) is 5.82 Å². The number of benzene rings is 3. The lowest BCUT2D eigenvalue weighted by Gasteiger charge is -2.32. The van der Waals surface area contributed by atoms with Crippen molar-refractivity contribution in [2.45, 2.75) is 64.1 Å². The van der Waals surface area contributed by atoms with Gasteiger partial charge in [0.2, 0.25) is 11.8 Å². The maximum absolute atomic E-state index is 13.9. The van der Waals surface area contributed by atoms with Crippen LogP contribution < -0.4 is 9.62 Å². The first-order chi connectivity index (χ1) is 18.6. The molecule has 0 fully saturated rings. The molecule has 0 saturated heterocycles. The summed E-state index contributed by atoms with van der Waals surface area (Å²) in [5, 5.41) is 2.89. The second-order valence-corrected chi connectivity index (χ2v) is 11.3. The standard InChI is InChI=1S/C30H36FN3O4S/c1-5-22(3)32-30(36)23(4)33(20-25-12-16-26(31)17-13-25)29(35)21-34(27-18-14-24(6-2)15-19-27)39(37,38)28-10-8-7-9-11-28/h7-19,22-23H,5-6,20-21H2,1-4H3,(H,32,36)/t22-,23-/m1/s1. The molecule has 1 N–H and O–H groups in total. The molecule has 0 aliphatic heterocycles. The predicted molar refractivity (Wildman–Crippen MR) is 151 cm³/mol. The second-order valence-electron chi connectivity index (χ2n) is 9.49. The van der Waals surface area contributed by atoms with Crippen LogP contribution in [0.3, 0.4) is 0 Å². The van der Waals surface area contributed by atoms with Crippen molar-refractivity contribution in [1.82, 2.24) is 10.2 Å². The summed E-state index contributed by atoms with van der Waals surface area (Å²) in [4.78, 5) is 28.3. The van der Waals surface area contributed by atoms with Gasteiger partial charge in [-0.05, 0) is 74.2 Å². The van der Waals surface area contributed by atoms with Crippen LogP contribution in [0.25, 0.3) is 0 Å². The smallest absolute Gasteiger partial charge is 0.264 e. The van der Waals surface area contributed by atoms with Crippen molar-refractivity contribution >= 4 is 27.5 Å². The van der Waals surface area contributed by atoms with Gasteiger partial charge in [-0.2, -0.15) is 0 Å². The fourth-order valence-electron chi connectivity index (χ4n) is 3.98. The van der Waals surface area contributed by atoms with Crippen molar-refractivity contribution in [2.24, 2.45) is 0 Å². The molecule has 7 nitrogen and oxygen atoms in total. The second kappa shape index (κ2) is 13.4. The van der Waals surface area contributed by atoms with Gasteiger partial charge in [0, 0.05) is 12.6 Å². The van der Waals surface area contributed by atoms with Gasteiger partial charge in [-0.25, -0.2) is 12.8 Å². The molecule has 0 aliphatic rings. The molecule has 0 heterocycles. The van der Waals surface area contributed by atoms with E-state index >= 15 is 0 Å². The number of hydrogen-bond acceptors (Lipinski definition) is 4. The third kappa shape index (κ3) is 7.66. The van der Waals surface area contributed by atoms with Gasteiger partial charge in [0.1, 0.15) is 18.4 Å². The van der Waals surface area contributed by atoms with Gasteiger partial charge in [-0.1, -0.05) is 56.3 Å². The van der Waals surface area contributed by atoms with E-state index in [4.69, 9.17) is 0 Å². The zero-order chi connectivity index (χ0) is 28.6. The van der Waals surface area contributed by atoms with Gasteiger partial charge >= 0.3 is 0 Å². The normalized spacial score (nSPS) is 12.8. The van der Waals surface area contributed by atoms with E-state index in [0.29, 0.717) is 17.7 Å². The van der Waals surface area contributed by atoms with Crippen LogP contribution in [0.15, 0.2) is 83.8 Å². The Bertz CT molecular complexity index is 1350. The largest absolute Gasteiger partial charge is 0.352 e. The fraction of sp³-hybridized carbons (Fsp3) is 0.333. The van der Waals surface area contributed by atoms with Gasteiger partial charge in [-0.15, -0.1) is 0 Å². The maximum atomic E-state index is 13.9. The molecular weight excluding hydrogens is 517 g/mol. The molecule has 0 unspecified atom stereocenters. The van der Waals surface area contributed by atoms with Gasteiger partial charge in [0.15, 0.2) is 0 Å². The Balaban J connectivity index is 2.01. The zero-order valence-corrected chi connectivity index (χ0v) is 23.6. The minimum atomic E-state index is -4.11. The molecular formula is C30H36FN3O4S. The van der Waals surface area contributed by atoms with E-state index < -0.39 is 34.3 Å². The molecule has 0 radical (unpaired) electrons. The minimum Gasteiger partial charge on any atom is -0.352 e. The molecule has 0 aliphatic carbocycles. The lowest BCUT2D eigenvalue weighted by atomic mass is 10.1. The summed E-state index contributed by atoms with van der Waals surface area (Å²) in [6.07, 6.45) is 1.49. The van der Waals surface area contributed by atoms with E-state index in [2.05, 4.69) is 5.32 Å². The molecule has 208 valence electrons. The molecule has 0 saturated carbocycles. The lowest BCUT2D eigenvalue weighted by Crippen LogP contribution is -2.52. The third-order valence-corrected chi connectivity index (χ3v) is 8.47. The average molecular weight is 554 g/mol. The Morgan fingerprint density at radius 3 is 2.03 bits per heavy atom. The molecule has 3 aromatic carbocycles. The number of nitrogens with zero attached hydrogens (tertiary/aromatic N) is 2. The Morgan fingerprint density at radius 1 is 0.872 bits per heavy atom. The van der Waals surface area contributed by atoms with Crippen LogP contribution in [0.4, 0.5) is 10.1 Å². The molecule has 9 heteroatoms. The summed E-state index contributed by atoms with van der Waals surface area (Å²) in [5.74, 6) is -1.34. The van der Waals surface area contributed by atoms with Crippen LogP contribution in [-0.2, 0) is 32.6 Å². The summed E-state index contributed by atoms with van der Waals surface area (Å²) in [7, 11) is -4.11. The fourth-order valence-corrected chi connectivity index (χ4v) is 5.42. The summed E-state index contributed by atoms with van der Waals surface area (Å²) >= 11 is 0. The van der Waals surface area contributed by atoms with Gasteiger partial charge in [0.05, 0.1) is 10.6 Å². The third-order valence-electron chi connectivity index (χ3n) is 6.68. The zero-order valence-electron chi connectivity index (χ0n) is 22.8. The van der Waals surface area contributed by atoms with Crippen molar-refractivity contribution in [2.75, 3.05) is 10.8 Å². The Morgan fingerprint density at radius 2 is 1.46 bits per heavy atom. The highest BCUT2D eigenvalue weighted by Crippen LogP contribution is 2.25. The van der Waals surface area contributed by atoms with Gasteiger partial charge in [-0.3, -0.25) is 13.9 Å². The Labute approximate surface area is 230 Å². The summed E-state index contributed by atoms with van der Waals surface area (Å²) in [5.41, 5.74) is 1.97. The molecule has 0 aromatic heterocycles. The van der Waals surface area contributed by atoms with E-state index in [0.717, 1.165) is 16.3 Å². The highest BCUT2D eigenvalue weighted by molar-refractivity contribution is 7.92. The van der Waals surface area contributed by atoms with E-state index in [1.165, 1.54) is 41.3 Å². The van der Waals surface area contributed by atoms with Crippen LogP contribution in [0.5, 0.6) is 0 Å². The molecule has 2 atom stereocenters. The van der Waals surface area contributed by atoms with Crippen molar-refractivity contribution in [3.05, 3.63) is 95.8 Å². The summed E-state index contributed by atoms with van der Waals surface area (Å²) in [6, 6.07) is 19.5. The van der Waals surface area contributed by atoms with Gasteiger partial charge in [0.25, 0.3) is 10.0 Å². The van der Waals surface area contributed by atoms with E-state index in [1.54, 1.807) is 37.3 Å². The van der Waals surface area contributed by atoms with E-state index in [-0.39, 0.29) is 23.4 Å². The first-order valence-electron chi connectivity index (χ1n) is 13.1. The molecule has 0 bridgehead atoms. The van der Waals surface area contributed by atoms with Crippen LogP contribution in [-0.4, -0.2) is 43.8 Å². The van der Waals surface area contributed by atoms with Crippen molar-refractivity contribution in [1.29, 1.82) is 0 Å². The molecule has 39 heavy (non-hydrogen) atoms. The molecule has 0 spiro atoms. The predicted octanol–water partition coefficient (Wildman–Crippen LogP) is 4.92. The Hall–Kier alpha value is -3.72. The molecule has 2 amide bonds. The highest BCUT2D eigenvalue weighted by atomic mass is 32.2. The summed E-state index contributed by atoms with van der Waals surface area (Å²) < 4.78 is 42.1. The van der Waals surface area contributed by atoms with Crippen LogP contribution in [0.2, 0.25) is 0 Å². The number of carbonyl (C=O) groups is 2. The number of nitrogens with one attached hydrogen (secondary N) is 1. The summed E-state index contributed by atoms with van der Waals surface area (Å²) in [6.45, 7) is 6.88. The SMILES string of the molecule is CCc1ccc(N(CC(=O)N(Cc2ccc(F)cc2)[C@H](C)C(=O)N[C@H](C)CC)S(=O)(=O)c2ccccc2)cc1. The highest BCUT2D eigenvalue weighted by Gasteiger charge is 2.32. The quantitative estimate of drug-likeness (QED) is 0.345. The lowest BCUT2D eigenvalue weighted by molar-refractivity contribution is -0.139. The minimum absolute atomic E-state index is 0.00219. The van der Waals surface area contributed by atoms with Crippen molar-refractivity contribution in [3.8, 4) is 0 Å². The van der Waals surface area contributed by atoms with Crippen molar-refractivity contribution in [3.63, 3.8) is 0 Å². The van der Waals surface area contributed by atoms with Crippen LogP contribution >= 0.6 is 0 Å². The number of hydrogen-bond donors (Lipinski definition) is 1. The molecule has 3 aromatic rings.